The number of hydrogen-bond acceptors (Lipinski definition) is 4. The van der Waals surface area contributed by atoms with Gasteiger partial charge in [-0.1, -0.05) is 24.3 Å². The van der Waals surface area contributed by atoms with Crippen LogP contribution in [-0.2, 0) is 6.54 Å². The fraction of sp³-hybridized carbons (Fsp3) is 0.273. The summed E-state index contributed by atoms with van der Waals surface area (Å²) in [5, 5.41) is 0.754. The van der Waals surface area contributed by atoms with Crippen LogP contribution in [0.25, 0.3) is 10.9 Å². The van der Waals surface area contributed by atoms with Gasteiger partial charge < -0.3 is 14.0 Å². The predicted octanol–water partition coefficient (Wildman–Crippen LogP) is 4.45. The minimum atomic E-state index is -0.226. The van der Waals surface area contributed by atoms with E-state index in [1.165, 1.54) is 14.2 Å². The van der Waals surface area contributed by atoms with Gasteiger partial charge in [-0.2, -0.15) is 0 Å². The molecule has 0 N–H and O–H groups in total. The molecule has 1 aromatic heterocycles. The molecule has 0 fully saturated rings. The summed E-state index contributed by atoms with van der Waals surface area (Å²) in [5.41, 5.74) is 2.08. The van der Waals surface area contributed by atoms with E-state index in [2.05, 4.69) is 0 Å². The van der Waals surface area contributed by atoms with E-state index in [4.69, 9.17) is 21.1 Å². The maximum absolute atomic E-state index is 13.3. The molecular formula is C22H20ClNO4. The largest absolute Gasteiger partial charge is 0.495 e. The Labute approximate surface area is 167 Å². The number of ketones is 2. The summed E-state index contributed by atoms with van der Waals surface area (Å²) >= 11 is 5.81. The van der Waals surface area contributed by atoms with Crippen molar-refractivity contribution in [2.24, 2.45) is 0 Å². The molecule has 0 spiro atoms. The third-order valence-electron chi connectivity index (χ3n) is 5.19. The van der Waals surface area contributed by atoms with Gasteiger partial charge in [-0.25, -0.2) is 0 Å². The highest BCUT2D eigenvalue weighted by atomic mass is 35.5. The van der Waals surface area contributed by atoms with Crippen LogP contribution >= 0.6 is 11.6 Å². The van der Waals surface area contributed by atoms with E-state index in [0.717, 1.165) is 30.3 Å². The molecule has 0 unspecified atom stereocenters. The van der Waals surface area contributed by atoms with Crippen LogP contribution in [0.3, 0.4) is 0 Å². The van der Waals surface area contributed by atoms with E-state index >= 15 is 0 Å². The monoisotopic (exact) mass is 397 g/mol. The maximum Gasteiger partial charge on any atom is 0.198 e. The number of nitrogens with zero attached hydrogens (tertiary/aromatic N) is 1. The molecule has 1 heterocycles. The third-order valence-corrected chi connectivity index (χ3v) is 5.46. The number of ether oxygens (including phenoxy) is 2. The first-order valence-electron chi connectivity index (χ1n) is 9.15. The SMILES string of the molecule is COc1c2c(c(OC)c3c1ccn3CCCCCl)C(=O)c1ccccc1C2=O. The van der Waals surface area contributed by atoms with Gasteiger partial charge >= 0.3 is 0 Å². The summed E-state index contributed by atoms with van der Waals surface area (Å²) in [6.45, 7) is 0.729. The Morgan fingerprint density at radius 2 is 1.50 bits per heavy atom. The molecule has 0 radical (unpaired) electrons. The lowest BCUT2D eigenvalue weighted by atomic mass is 9.82. The fourth-order valence-electron chi connectivity index (χ4n) is 3.94. The number of benzene rings is 2. The lowest BCUT2D eigenvalue weighted by molar-refractivity contribution is 0.0974. The van der Waals surface area contributed by atoms with Gasteiger partial charge in [0, 0.05) is 35.1 Å². The van der Waals surface area contributed by atoms with Crippen molar-refractivity contribution in [2.45, 2.75) is 19.4 Å². The maximum atomic E-state index is 13.3. The van der Waals surface area contributed by atoms with Crippen LogP contribution in [0.5, 0.6) is 11.5 Å². The van der Waals surface area contributed by atoms with Crippen molar-refractivity contribution >= 4 is 34.1 Å². The van der Waals surface area contributed by atoms with Crippen molar-refractivity contribution < 1.29 is 19.1 Å². The Kier molecular flexibility index (Phi) is 4.85. The average Bonchev–Trinajstić information content (AvgIpc) is 3.14. The summed E-state index contributed by atoms with van der Waals surface area (Å²) in [4.78, 5) is 26.6. The van der Waals surface area contributed by atoms with Crippen LogP contribution in [0.4, 0.5) is 0 Å². The molecule has 1 aliphatic carbocycles. The van der Waals surface area contributed by atoms with Crippen molar-refractivity contribution in [1.29, 1.82) is 0 Å². The lowest BCUT2D eigenvalue weighted by Crippen LogP contribution is -2.23. The van der Waals surface area contributed by atoms with Crippen molar-refractivity contribution in [3.8, 4) is 11.5 Å². The Morgan fingerprint density at radius 3 is 2.07 bits per heavy atom. The van der Waals surface area contributed by atoms with Gasteiger partial charge in [0.2, 0.25) is 0 Å². The van der Waals surface area contributed by atoms with Gasteiger partial charge in [0.1, 0.15) is 5.75 Å². The molecule has 4 rings (SSSR count). The van der Waals surface area contributed by atoms with Crippen molar-refractivity contribution in [3.05, 3.63) is 58.8 Å². The summed E-state index contributed by atoms with van der Waals surface area (Å²) in [5.74, 6) is 0.968. The number of methoxy groups -OCH3 is 2. The predicted molar refractivity (Wildman–Crippen MR) is 108 cm³/mol. The fourth-order valence-corrected chi connectivity index (χ4v) is 4.13. The van der Waals surface area contributed by atoms with Crippen LogP contribution in [-0.4, -0.2) is 36.2 Å². The van der Waals surface area contributed by atoms with Crippen LogP contribution in [0.2, 0.25) is 0 Å². The van der Waals surface area contributed by atoms with E-state index < -0.39 is 0 Å². The van der Waals surface area contributed by atoms with Crippen molar-refractivity contribution in [1.82, 2.24) is 4.57 Å². The van der Waals surface area contributed by atoms with Crippen LogP contribution in [0.15, 0.2) is 36.5 Å². The lowest BCUT2D eigenvalue weighted by Gasteiger charge is -2.23. The normalized spacial score (nSPS) is 12.8. The van der Waals surface area contributed by atoms with Gasteiger partial charge in [0.15, 0.2) is 17.3 Å². The number of alkyl halides is 1. The highest BCUT2D eigenvalue weighted by Crippen LogP contribution is 2.45. The standard InChI is InChI=1S/C22H20ClNO4/c1-27-21-15-9-12-24(11-6-5-10-23)18(15)22(28-2)17-16(21)19(25)13-7-3-4-8-14(13)20(17)26/h3-4,7-9,12H,5-6,10-11H2,1-2H3. The Bertz CT molecular complexity index is 1100. The highest BCUT2D eigenvalue weighted by Gasteiger charge is 2.37. The number of unbranched alkanes of at least 4 members (excludes halogenated alkanes) is 1. The minimum absolute atomic E-state index is 0.225. The third kappa shape index (κ3) is 2.61. The Morgan fingerprint density at radius 1 is 0.893 bits per heavy atom. The molecule has 0 amide bonds. The zero-order valence-corrected chi connectivity index (χ0v) is 16.5. The minimum Gasteiger partial charge on any atom is -0.495 e. The second kappa shape index (κ2) is 7.32. The molecule has 3 aromatic rings. The summed E-state index contributed by atoms with van der Waals surface area (Å²) < 4.78 is 13.4. The van der Waals surface area contributed by atoms with Gasteiger partial charge in [0.05, 0.1) is 30.9 Å². The molecule has 1 aliphatic rings. The Balaban J connectivity index is 2.03. The van der Waals surface area contributed by atoms with E-state index in [1.54, 1.807) is 24.3 Å². The first-order chi connectivity index (χ1) is 13.6. The van der Waals surface area contributed by atoms with Gasteiger partial charge in [0.25, 0.3) is 0 Å². The van der Waals surface area contributed by atoms with Crippen molar-refractivity contribution in [3.63, 3.8) is 0 Å². The van der Waals surface area contributed by atoms with E-state index in [-0.39, 0.29) is 22.7 Å². The molecular weight excluding hydrogens is 378 g/mol. The Hall–Kier alpha value is -2.79. The van der Waals surface area contributed by atoms with Gasteiger partial charge in [-0.05, 0) is 18.9 Å². The van der Waals surface area contributed by atoms with Crippen molar-refractivity contribution in [2.75, 3.05) is 20.1 Å². The van der Waals surface area contributed by atoms with Crippen LogP contribution < -0.4 is 9.47 Å². The summed E-state index contributed by atoms with van der Waals surface area (Å²) in [6, 6.07) is 8.76. The molecule has 5 nitrogen and oxygen atoms in total. The molecule has 0 atom stereocenters. The van der Waals surface area contributed by atoms with E-state index in [1.807, 2.05) is 16.8 Å². The van der Waals surface area contributed by atoms with Gasteiger partial charge in [-0.15, -0.1) is 11.6 Å². The number of carbonyl (C=O) groups excluding carboxylic acids is 2. The average molecular weight is 398 g/mol. The molecule has 0 bridgehead atoms. The number of aryl methyl sites for hydroxylation is 1. The number of fused-ring (bicyclic) bond motifs is 3. The molecule has 2 aromatic carbocycles. The van der Waals surface area contributed by atoms with Crippen LogP contribution in [0, 0.1) is 0 Å². The molecule has 0 aliphatic heterocycles. The van der Waals surface area contributed by atoms with E-state index in [9.17, 15) is 9.59 Å². The van der Waals surface area contributed by atoms with E-state index in [0.29, 0.717) is 28.5 Å². The first kappa shape index (κ1) is 18.6. The quantitative estimate of drug-likeness (QED) is 0.356. The zero-order valence-electron chi connectivity index (χ0n) is 15.8. The number of halogens is 1. The molecule has 6 heteroatoms. The molecule has 28 heavy (non-hydrogen) atoms. The highest BCUT2D eigenvalue weighted by molar-refractivity contribution is 6.32. The zero-order chi connectivity index (χ0) is 19.8. The molecule has 0 saturated carbocycles. The van der Waals surface area contributed by atoms with Gasteiger partial charge in [-0.3, -0.25) is 9.59 Å². The first-order valence-corrected chi connectivity index (χ1v) is 9.68. The van der Waals surface area contributed by atoms with Crippen LogP contribution in [0.1, 0.15) is 44.7 Å². The second-order valence-corrected chi connectivity index (χ2v) is 7.07. The number of carbonyl (C=O) groups is 2. The molecule has 0 saturated heterocycles. The summed E-state index contributed by atoms with van der Waals surface area (Å²) in [7, 11) is 3.04. The number of hydrogen-bond donors (Lipinski definition) is 0. The smallest absolute Gasteiger partial charge is 0.198 e. The summed E-state index contributed by atoms with van der Waals surface area (Å²) in [6.07, 6.45) is 3.71. The second-order valence-electron chi connectivity index (χ2n) is 6.69. The topological polar surface area (TPSA) is 57.5 Å². The molecule has 144 valence electrons. The number of aromatic nitrogens is 1. The number of rotatable bonds is 6.